The Balaban J connectivity index is 1.53. The first-order valence-electron chi connectivity index (χ1n) is 8.56. The normalized spacial score (nSPS) is 20.2. The molecule has 1 amide bonds. The Morgan fingerprint density at radius 1 is 1.36 bits per heavy atom. The van der Waals surface area contributed by atoms with Gasteiger partial charge in [-0.25, -0.2) is 0 Å². The van der Waals surface area contributed by atoms with Crippen LogP contribution in [0.1, 0.15) is 24.2 Å². The van der Waals surface area contributed by atoms with E-state index in [2.05, 4.69) is 15.4 Å². The Labute approximate surface area is 147 Å². The van der Waals surface area contributed by atoms with E-state index in [1.807, 2.05) is 38.2 Å². The molecule has 134 valence electrons. The predicted molar refractivity (Wildman–Crippen MR) is 92.3 cm³/mol. The second-order valence-electron chi connectivity index (χ2n) is 6.30. The molecule has 7 heteroatoms. The molecule has 2 atom stereocenters. The number of rotatable bonds is 6. The van der Waals surface area contributed by atoms with E-state index in [0.29, 0.717) is 31.9 Å². The van der Waals surface area contributed by atoms with E-state index in [4.69, 9.17) is 9.47 Å². The summed E-state index contributed by atoms with van der Waals surface area (Å²) < 4.78 is 13.3. The number of amides is 1. The molecule has 0 spiro atoms. The zero-order valence-corrected chi connectivity index (χ0v) is 14.6. The van der Waals surface area contributed by atoms with Crippen molar-refractivity contribution in [3.63, 3.8) is 0 Å². The third kappa shape index (κ3) is 5.03. The van der Waals surface area contributed by atoms with Gasteiger partial charge in [0.2, 0.25) is 5.91 Å². The lowest BCUT2D eigenvalue weighted by Gasteiger charge is -2.32. The molecule has 2 aromatic rings. The molecule has 3 heterocycles. The van der Waals surface area contributed by atoms with Crippen molar-refractivity contribution < 1.29 is 14.3 Å². The minimum Gasteiger partial charge on any atom is -0.486 e. The van der Waals surface area contributed by atoms with Crippen LogP contribution in [0.15, 0.2) is 30.6 Å². The highest BCUT2D eigenvalue weighted by molar-refractivity contribution is 5.76. The van der Waals surface area contributed by atoms with Gasteiger partial charge in [-0.15, -0.1) is 0 Å². The number of carbonyl (C=O) groups is 1. The van der Waals surface area contributed by atoms with Crippen molar-refractivity contribution in [2.24, 2.45) is 0 Å². The van der Waals surface area contributed by atoms with Crippen LogP contribution in [0.5, 0.6) is 5.75 Å². The molecular weight excluding hydrogens is 320 g/mol. The summed E-state index contributed by atoms with van der Waals surface area (Å²) in [5.74, 6) is 0.683. The van der Waals surface area contributed by atoms with Crippen molar-refractivity contribution in [1.29, 1.82) is 0 Å². The zero-order chi connectivity index (χ0) is 17.6. The molecule has 0 unspecified atom stereocenters. The maximum atomic E-state index is 12.3. The van der Waals surface area contributed by atoms with Crippen LogP contribution in [0.2, 0.25) is 0 Å². The lowest BCUT2D eigenvalue weighted by atomic mass is 10.1. The van der Waals surface area contributed by atoms with Crippen molar-refractivity contribution in [3.8, 4) is 5.75 Å². The second-order valence-corrected chi connectivity index (χ2v) is 6.30. The zero-order valence-electron chi connectivity index (χ0n) is 14.6. The first-order chi connectivity index (χ1) is 12.1. The summed E-state index contributed by atoms with van der Waals surface area (Å²) in [6, 6.07) is 5.57. The number of hydrogen-bond acceptors (Lipinski definition) is 5. The highest BCUT2D eigenvalue weighted by Gasteiger charge is 2.29. The number of pyridine rings is 1. The van der Waals surface area contributed by atoms with E-state index in [0.717, 1.165) is 17.8 Å². The van der Waals surface area contributed by atoms with Gasteiger partial charge in [-0.1, -0.05) is 0 Å². The molecule has 0 saturated carbocycles. The summed E-state index contributed by atoms with van der Waals surface area (Å²) >= 11 is 0. The Morgan fingerprint density at radius 2 is 2.24 bits per heavy atom. The van der Waals surface area contributed by atoms with Gasteiger partial charge in [0.1, 0.15) is 11.9 Å². The molecule has 3 rings (SSSR count). The minimum atomic E-state index is -0.165. The van der Waals surface area contributed by atoms with E-state index in [1.54, 1.807) is 10.9 Å². The number of carbonyl (C=O) groups excluding carboxylic acids is 1. The van der Waals surface area contributed by atoms with E-state index in [-0.39, 0.29) is 18.1 Å². The highest BCUT2D eigenvalue weighted by atomic mass is 16.5. The Bertz CT molecular complexity index is 699. The number of hydrogen-bond donors (Lipinski definition) is 1. The molecular formula is C18H24N4O3. The average molecular weight is 344 g/mol. The molecule has 1 aliphatic heterocycles. The molecule has 25 heavy (non-hydrogen) atoms. The summed E-state index contributed by atoms with van der Waals surface area (Å²) in [5, 5.41) is 7.31. The van der Waals surface area contributed by atoms with Crippen molar-refractivity contribution in [1.82, 2.24) is 20.1 Å². The first kappa shape index (κ1) is 17.4. The third-order valence-corrected chi connectivity index (χ3v) is 4.15. The fraction of sp³-hybridized carbons (Fsp3) is 0.500. The van der Waals surface area contributed by atoms with Gasteiger partial charge in [0.05, 0.1) is 31.1 Å². The van der Waals surface area contributed by atoms with Crippen LogP contribution in [0, 0.1) is 13.8 Å². The van der Waals surface area contributed by atoms with Crippen molar-refractivity contribution in [2.75, 3.05) is 13.2 Å². The Hall–Kier alpha value is -2.41. The van der Waals surface area contributed by atoms with Crippen LogP contribution >= 0.6 is 0 Å². The van der Waals surface area contributed by atoms with E-state index in [9.17, 15) is 4.79 Å². The molecule has 0 bridgehead atoms. The van der Waals surface area contributed by atoms with Gasteiger partial charge in [0.15, 0.2) is 0 Å². The number of aryl methyl sites for hydroxylation is 3. The van der Waals surface area contributed by atoms with Crippen molar-refractivity contribution in [3.05, 3.63) is 42.0 Å². The summed E-state index contributed by atoms with van der Waals surface area (Å²) in [5.41, 5.74) is 1.89. The first-order valence-corrected chi connectivity index (χ1v) is 8.56. The smallest absolute Gasteiger partial charge is 0.222 e. The molecule has 1 fully saturated rings. The van der Waals surface area contributed by atoms with Gasteiger partial charge in [0.25, 0.3) is 0 Å². The molecule has 7 nitrogen and oxygen atoms in total. The van der Waals surface area contributed by atoms with E-state index < -0.39 is 0 Å². The summed E-state index contributed by atoms with van der Waals surface area (Å²) in [6.45, 7) is 5.50. The standard InChI is InChI=1S/C18H24N4O3/c1-13-3-4-15(11-19-13)25-17-7-10-24-12-16(17)20-18(23)6-9-22-8-5-14(2)21-22/h3-5,8,11,16-17H,6-7,9-10,12H2,1-2H3,(H,20,23)/t16-,17+/m1/s1. The van der Waals surface area contributed by atoms with Crippen LogP contribution in [0.3, 0.4) is 0 Å². The fourth-order valence-electron chi connectivity index (χ4n) is 2.78. The largest absolute Gasteiger partial charge is 0.486 e. The highest BCUT2D eigenvalue weighted by Crippen LogP contribution is 2.18. The van der Waals surface area contributed by atoms with Gasteiger partial charge < -0.3 is 14.8 Å². The maximum absolute atomic E-state index is 12.3. The predicted octanol–water partition coefficient (Wildman–Crippen LogP) is 1.64. The summed E-state index contributed by atoms with van der Waals surface area (Å²) in [6.07, 6.45) is 4.58. The molecule has 1 aliphatic rings. The van der Waals surface area contributed by atoms with Crippen LogP contribution in [-0.4, -0.2) is 46.0 Å². The number of nitrogens with zero attached hydrogens (tertiary/aromatic N) is 3. The lowest BCUT2D eigenvalue weighted by molar-refractivity contribution is -0.124. The van der Waals surface area contributed by atoms with Gasteiger partial charge in [-0.3, -0.25) is 14.5 Å². The van der Waals surface area contributed by atoms with Gasteiger partial charge in [-0.2, -0.15) is 5.10 Å². The maximum Gasteiger partial charge on any atom is 0.222 e. The molecule has 1 saturated heterocycles. The molecule has 0 aliphatic carbocycles. The van der Waals surface area contributed by atoms with Gasteiger partial charge >= 0.3 is 0 Å². The second kappa shape index (κ2) is 8.11. The average Bonchev–Trinajstić information content (AvgIpc) is 3.02. The quantitative estimate of drug-likeness (QED) is 0.862. The fourth-order valence-corrected chi connectivity index (χ4v) is 2.78. The van der Waals surface area contributed by atoms with E-state index in [1.165, 1.54) is 0 Å². The van der Waals surface area contributed by atoms with Crippen LogP contribution in [0.4, 0.5) is 0 Å². The summed E-state index contributed by atoms with van der Waals surface area (Å²) in [7, 11) is 0. The van der Waals surface area contributed by atoms with Crippen LogP contribution in [-0.2, 0) is 16.1 Å². The lowest BCUT2D eigenvalue weighted by Crippen LogP contribution is -2.52. The molecule has 1 N–H and O–H groups in total. The number of nitrogens with one attached hydrogen (secondary N) is 1. The summed E-state index contributed by atoms with van der Waals surface area (Å²) in [4.78, 5) is 16.5. The van der Waals surface area contributed by atoms with Gasteiger partial charge in [0, 0.05) is 31.3 Å². The van der Waals surface area contributed by atoms with Gasteiger partial charge in [-0.05, 0) is 32.0 Å². The van der Waals surface area contributed by atoms with Crippen LogP contribution in [0.25, 0.3) is 0 Å². The molecule has 2 aromatic heterocycles. The SMILES string of the molecule is Cc1ccc(O[C@H]2CCOC[C@H]2NC(=O)CCn2ccc(C)n2)cn1. The number of aromatic nitrogens is 3. The molecule has 0 radical (unpaired) electrons. The van der Waals surface area contributed by atoms with Crippen LogP contribution < -0.4 is 10.1 Å². The topological polar surface area (TPSA) is 78.3 Å². The Kier molecular flexibility index (Phi) is 5.65. The Morgan fingerprint density at radius 3 is 2.96 bits per heavy atom. The molecule has 0 aromatic carbocycles. The monoisotopic (exact) mass is 344 g/mol. The third-order valence-electron chi connectivity index (χ3n) is 4.15. The number of ether oxygens (including phenoxy) is 2. The van der Waals surface area contributed by atoms with Crippen molar-refractivity contribution >= 4 is 5.91 Å². The van der Waals surface area contributed by atoms with E-state index >= 15 is 0 Å². The van der Waals surface area contributed by atoms with Crippen molar-refractivity contribution in [2.45, 2.75) is 45.4 Å². The minimum absolute atomic E-state index is 0.0284.